The number of anilines is 1. The second-order valence-corrected chi connectivity index (χ2v) is 4.42. The van der Waals surface area contributed by atoms with E-state index in [-0.39, 0.29) is 11.7 Å². The van der Waals surface area contributed by atoms with Gasteiger partial charge in [-0.3, -0.25) is 19.1 Å². The lowest BCUT2D eigenvalue weighted by molar-refractivity contribution is 0.101. The smallest absolute Gasteiger partial charge is 0.332 e. The first-order valence-electron chi connectivity index (χ1n) is 6.36. The molecule has 0 aliphatic heterocycles. The van der Waals surface area contributed by atoms with Crippen LogP contribution in [0.4, 0.5) is 5.69 Å². The van der Waals surface area contributed by atoms with Crippen molar-refractivity contribution in [3.63, 3.8) is 0 Å². The molecule has 3 rings (SSSR count). The van der Waals surface area contributed by atoms with E-state index in [1.54, 1.807) is 30.5 Å². The highest BCUT2D eigenvalue weighted by Crippen LogP contribution is 2.12. The number of benzene rings is 1. The molecule has 2 heterocycles. The van der Waals surface area contributed by atoms with Gasteiger partial charge in [-0.1, -0.05) is 0 Å². The first kappa shape index (κ1) is 13.6. The Balaban J connectivity index is 1.82. The van der Waals surface area contributed by atoms with Gasteiger partial charge in [0.15, 0.2) is 5.82 Å². The number of imidazole rings is 1. The largest absolute Gasteiger partial charge is 0.341 e. The maximum absolute atomic E-state index is 11.8. The quantitative estimate of drug-likeness (QED) is 0.653. The molecule has 3 N–H and O–H groups in total. The van der Waals surface area contributed by atoms with Crippen molar-refractivity contribution in [2.24, 2.45) is 0 Å². The van der Waals surface area contributed by atoms with E-state index < -0.39 is 11.2 Å². The molecule has 1 aromatic carbocycles. The number of nitrogens with one attached hydrogen (secondary N) is 3. The maximum Gasteiger partial charge on any atom is 0.332 e. The summed E-state index contributed by atoms with van der Waals surface area (Å²) in [6.07, 6.45) is 4.43. The predicted octanol–water partition coefficient (Wildman–Crippen LogP) is 0.501. The fourth-order valence-electron chi connectivity index (χ4n) is 1.91. The van der Waals surface area contributed by atoms with Crippen molar-refractivity contribution in [2.75, 3.05) is 5.32 Å². The van der Waals surface area contributed by atoms with Gasteiger partial charge >= 0.3 is 5.69 Å². The van der Waals surface area contributed by atoms with Crippen LogP contribution in [0.25, 0.3) is 5.69 Å². The van der Waals surface area contributed by atoms with E-state index in [1.165, 1.54) is 23.0 Å². The van der Waals surface area contributed by atoms with Crippen LogP contribution in [0, 0.1) is 0 Å². The molecule has 3 aromatic rings. The molecule has 1 amide bonds. The highest BCUT2D eigenvalue weighted by atomic mass is 16.2. The van der Waals surface area contributed by atoms with Gasteiger partial charge in [0.2, 0.25) is 0 Å². The number of carbonyl (C=O) groups is 1. The summed E-state index contributed by atoms with van der Waals surface area (Å²) in [5, 5.41) is 2.67. The van der Waals surface area contributed by atoms with Crippen molar-refractivity contribution in [1.82, 2.24) is 19.5 Å². The number of hydrogen-bond donors (Lipinski definition) is 3. The van der Waals surface area contributed by atoms with Gasteiger partial charge < -0.3 is 10.3 Å². The van der Waals surface area contributed by atoms with Crippen LogP contribution < -0.4 is 16.6 Å². The van der Waals surface area contributed by atoms with Crippen molar-refractivity contribution in [3.8, 4) is 5.69 Å². The molecule has 0 bridgehead atoms. The summed E-state index contributed by atoms with van der Waals surface area (Å²) in [5.41, 5.74) is 0.142. The van der Waals surface area contributed by atoms with Gasteiger partial charge in [0.25, 0.3) is 11.5 Å². The molecule has 0 saturated carbocycles. The zero-order valence-corrected chi connectivity index (χ0v) is 11.2. The van der Waals surface area contributed by atoms with Crippen LogP contribution in [0.5, 0.6) is 0 Å². The van der Waals surface area contributed by atoms with E-state index in [4.69, 9.17) is 0 Å². The Morgan fingerprint density at radius 2 is 1.91 bits per heavy atom. The lowest BCUT2D eigenvalue weighted by Gasteiger charge is -2.07. The number of nitrogens with zero attached hydrogens (tertiary/aromatic N) is 2. The van der Waals surface area contributed by atoms with E-state index in [2.05, 4.69) is 20.3 Å². The Hall–Kier alpha value is -3.42. The Labute approximate surface area is 123 Å². The molecular weight excluding hydrogens is 286 g/mol. The van der Waals surface area contributed by atoms with Crippen molar-refractivity contribution < 1.29 is 4.79 Å². The fraction of sp³-hybridized carbons (Fsp3) is 0. The number of H-pyrrole nitrogens is 2. The molecule has 0 saturated heterocycles. The first-order chi connectivity index (χ1) is 10.6. The monoisotopic (exact) mass is 297 g/mol. The van der Waals surface area contributed by atoms with E-state index in [0.29, 0.717) is 11.4 Å². The third kappa shape index (κ3) is 2.70. The van der Waals surface area contributed by atoms with E-state index >= 15 is 0 Å². The summed E-state index contributed by atoms with van der Waals surface area (Å²) < 4.78 is 1.29. The minimum Gasteiger partial charge on any atom is -0.341 e. The predicted molar refractivity (Wildman–Crippen MR) is 79.2 cm³/mol. The van der Waals surface area contributed by atoms with Crippen molar-refractivity contribution >= 4 is 11.6 Å². The van der Waals surface area contributed by atoms with Crippen LogP contribution >= 0.6 is 0 Å². The van der Waals surface area contributed by atoms with Gasteiger partial charge in [0.05, 0.1) is 5.69 Å². The summed E-state index contributed by atoms with van der Waals surface area (Å²) in [6.45, 7) is 0. The summed E-state index contributed by atoms with van der Waals surface area (Å²) in [6, 6.07) is 7.85. The zero-order valence-electron chi connectivity index (χ0n) is 11.2. The lowest BCUT2D eigenvalue weighted by atomic mass is 10.2. The lowest BCUT2D eigenvalue weighted by Crippen LogP contribution is -2.27. The Bertz CT molecular complexity index is 907. The van der Waals surface area contributed by atoms with E-state index in [1.807, 2.05) is 0 Å². The third-order valence-corrected chi connectivity index (χ3v) is 2.94. The molecule has 8 heteroatoms. The number of amides is 1. The molecule has 22 heavy (non-hydrogen) atoms. The average molecular weight is 297 g/mol. The Morgan fingerprint density at radius 1 is 1.14 bits per heavy atom. The van der Waals surface area contributed by atoms with Crippen LogP contribution in [-0.4, -0.2) is 25.4 Å². The zero-order chi connectivity index (χ0) is 15.5. The molecule has 0 spiro atoms. The normalized spacial score (nSPS) is 10.4. The molecule has 110 valence electrons. The van der Waals surface area contributed by atoms with E-state index in [9.17, 15) is 14.4 Å². The topological polar surface area (TPSA) is 113 Å². The highest BCUT2D eigenvalue weighted by Gasteiger charge is 2.08. The number of hydrogen-bond acceptors (Lipinski definition) is 4. The van der Waals surface area contributed by atoms with Crippen molar-refractivity contribution in [3.05, 3.63) is 75.6 Å². The number of carbonyl (C=O) groups excluding carboxylic acids is 1. The Morgan fingerprint density at radius 3 is 2.55 bits per heavy atom. The average Bonchev–Trinajstić information content (AvgIpc) is 3.03. The second kappa shape index (κ2) is 5.52. The van der Waals surface area contributed by atoms with Gasteiger partial charge in [-0.05, 0) is 24.3 Å². The van der Waals surface area contributed by atoms with Crippen LogP contribution in [0.1, 0.15) is 10.6 Å². The summed E-state index contributed by atoms with van der Waals surface area (Å²) >= 11 is 0. The van der Waals surface area contributed by atoms with Gasteiger partial charge in [-0.15, -0.1) is 0 Å². The third-order valence-electron chi connectivity index (χ3n) is 2.94. The van der Waals surface area contributed by atoms with Gasteiger partial charge in [0.1, 0.15) is 0 Å². The minimum atomic E-state index is -0.528. The minimum absolute atomic E-state index is 0.209. The molecule has 0 aliphatic rings. The van der Waals surface area contributed by atoms with Crippen molar-refractivity contribution in [2.45, 2.75) is 0 Å². The van der Waals surface area contributed by atoms with Crippen LogP contribution in [0.3, 0.4) is 0 Å². The second-order valence-electron chi connectivity index (χ2n) is 4.42. The van der Waals surface area contributed by atoms with E-state index in [0.717, 1.165) is 0 Å². The number of aromatic amines is 2. The van der Waals surface area contributed by atoms with Crippen LogP contribution in [-0.2, 0) is 0 Å². The SMILES string of the molecule is O=C(Nc1ccc(-n2ccc(=O)[nH]c2=O)cc1)c1ncc[nH]1. The molecule has 2 aromatic heterocycles. The first-order valence-corrected chi connectivity index (χ1v) is 6.36. The molecule has 8 nitrogen and oxygen atoms in total. The fourth-order valence-corrected chi connectivity index (χ4v) is 1.91. The molecule has 0 fully saturated rings. The van der Waals surface area contributed by atoms with Gasteiger partial charge in [0, 0.05) is 30.3 Å². The van der Waals surface area contributed by atoms with Crippen LogP contribution in [0.15, 0.2) is 58.5 Å². The van der Waals surface area contributed by atoms with Crippen LogP contribution in [0.2, 0.25) is 0 Å². The molecular formula is C14H11N5O3. The maximum atomic E-state index is 11.8. The summed E-state index contributed by atoms with van der Waals surface area (Å²) in [5.74, 6) is -0.153. The highest BCUT2D eigenvalue weighted by molar-refractivity contribution is 6.01. The molecule has 0 radical (unpaired) electrons. The summed E-state index contributed by atoms with van der Waals surface area (Å²) in [4.78, 5) is 43.3. The van der Waals surface area contributed by atoms with Gasteiger partial charge in [-0.2, -0.15) is 0 Å². The van der Waals surface area contributed by atoms with Gasteiger partial charge in [-0.25, -0.2) is 9.78 Å². The molecule has 0 atom stereocenters. The molecule has 0 unspecified atom stereocenters. The standard InChI is InChI=1S/C14H11N5O3/c20-11-5-8-19(14(22)18-11)10-3-1-9(2-4-10)17-13(21)12-15-6-7-16-12/h1-8H,(H,15,16)(H,17,21)(H,18,20,22). The number of rotatable bonds is 3. The molecule has 0 aliphatic carbocycles. The number of aromatic nitrogens is 4. The summed E-state index contributed by atoms with van der Waals surface area (Å²) in [7, 11) is 0. The Kier molecular flexibility index (Phi) is 3.40. The van der Waals surface area contributed by atoms with Crippen molar-refractivity contribution in [1.29, 1.82) is 0 Å².